The fourth-order valence-electron chi connectivity index (χ4n) is 2.04. The fourth-order valence-corrected chi connectivity index (χ4v) is 2.04. The maximum Gasteiger partial charge on any atom is 0.273 e. The molecule has 0 bridgehead atoms. The molecule has 0 radical (unpaired) electrons. The van der Waals surface area contributed by atoms with Gasteiger partial charge in [-0.15, -0.1) is 0 Å². The van der Waals surface area contributed by atoms with Crippen LogP contribution in [0.25, 0.3) is 0 Å². The summed E-state index contributed by atoms with van der Waals surface area (Å²) in [4.78, 5) is 23.7. The number of benzene rings is 1. The van der Waals surface area contributed by atoms with Crippen molar-refractivity contribution in [2.24, 2.45) is 0 Å². The van der Waals surface area contributed by atoms with E-state index in [0.29, 0.717) is 0 Å². The van der Waals surface area contributed by atoms with E-state index in [9.17, 15) is 14.7 Å². The van der Waals surface area contributed by atoms with Gasteiger partial charge < -0.3 is 5.11 Å². The Morgan fingerprint density at radius 3 is 2.50 bits per heavy atom. The highest BCUT2D eigenvalue weighted by Gasteiger charge is 2.12. The molecular weight excluding hydrogens is 284 g/mol. The maximum absolute atomic E-state index is 11.9. The van der Waals surface area contributed by atoms with Gasteiger partial charge in [0.1, 0.15) is 12.3 Å². The molecule has 2 rings (SSSR count). The Labute approximate surface area is 127 Å². The predicted octanol–water partition coefficient (Wildman–Crippen LogP) is 0.975. The first-order valence-corrected chi connectivity index (χ1v) is 6.76. The molecule has 0 aliphatic rings. The van der Waals surface area contributed by atoms with Gasteiger partial charge in [-0.25, -0.2) is 0 Å². The summed E-state index contributed by atoms with van der Waals surface area (Å²) >= 11 is 0. The van der Waals surface area contributed by atoms with Crippen LogP contribution in [0.15, 0.2) is 24.3 Å². The van der Waals surface area contributed by atoms with Crippen LogP contribution in [0.1, 0.15) is 27.3 Å². The highest BCUT2D eigenvalue weighted by Crippen LogP contribution is 2.17. The van der Waals surface area contributed by atoms with Crippen molar-refractivity contribution in [2.75, 3.05) is 0 Å². The molecule has 0 aliphatic heterocycles. The Morgan fingerprint density at radius 1 is 1.18 bits per heavy atom. The molecule has 0 unspecified atom stereocenters. The van der Waals surface area contributed by atoms with E-state index in [2.05, 4.69) is 16.0 Å². The van der Waals surface area contributed by atoms with E-state index in [4.69, 9.17) is 0 Å². The fraction of sp³-hybridized carbons (Fsp3) is 0.267. The van der Waals surface area contributed by atoms with E-state index in [-0.39, 0.29) is 17.9 Å². The standard InChI is InChI=1S/C15H18N4O3/c1-9-4-5-12(13(20)6-9)15(22)17-16-14(21)8-19-11(3)7-10(2)18-19/h4-7,20H,8H2,1-3H3,(H,16,21)(H,17,22). The zero-order chi connectivity index (χ0) is 16.3. The lowest BCUT2D eigenvalue weighted by atomic mass is 10.1. The Balaban J connectivity index is 1.93. The summed E-state index contributed by atoms with van der Waals surface area (Å²) in [6.07, 6.45) is 0. The molecule has 7 heteroatoms. The number of carbonyl (C=O) groups excluding carboxylic acids is 2. The number of hydrazine groups is 1. The number of nitrogens with zero attached hydrogens (tertiary/aromatic N) is 2. The van der Waals surface area contributed by atoms with E-state index in [0.717, 1.165) is 17.0 Å². The average molecular weight is 302 g/mol. The van der Waals surface area contributed by atoms with Gasteiger partial charge in [-0.2, -0.15) is 5.10 Å². The largest absolute Gasteiger partial charge is 0.507 e. The number of hydrogen-bond acceptors (Lipinski definition) is 4. The summed E-state index contributed by atoms with van der Waals surface area (Å²) in [6.45, 7) is 5.48. The lowest BCUT2D eigenvalue weighted by Gasteiger charge is -2.09. The summed E-state index contributed by atoms with van der Waals surface area (Å²) in [7, 11) is 0. The number of aromatic nitrogens is 2. The minimum absolute atomic E-state index is 0.000165. The highest BCUT2D eigenvalue weighted by atomic mass is 16.3. The van der Waals surface area contributed by atoms with Gasteiger partial charge in [-0.3, -0.25) is 25.1 Å². The third-order valence-electron chi connectivity index (χ3n) is 3.11. The predicted molar refractivity (Wildman–Crippen MR) is 80.2 cm³/mol. The summed E-state index contributed by atoms with van der Waals surface area (Å²) in [6, 6.07) is 6.53. The Hall–Kier alpha value is -2.83. The Kier molecular flexibility index (Phi) is 4.45. The van der Waals surface area contributed by atoms with Crippen LogP contribution in [-0.2, 0) is 11.3 Å². The van der Waals surface area contributed by atoms with Crippen molar-refractivity contribution >= 4 is 11.8 Å². The van der Waals surface area contributed by atoms with Gasteiger partial charge in [0.05, 0.1) is 11.3 Å². The van der Waals surface area contributed by atoms with Gasteiger partial charge in [0, 0.05) is 5.69 Å². The van der Waals surface area contributed by atoms with E-state index in [1.807, 2.05) is 19.9 Å². The Morgan fingerprint density at radius 2 is 1.91 bits per heavy atom. The molecule has 0 aliphatic carbocycles. The van der Waals surface area contributed by atoms with Crippen molar-refractivity contribution in [3.05, 3.63) is 46.8 Å². The summed E-state index contributed by atoms with van der Waals surface area (Å²) < 4.78 is 1.54. The third-order valence-corrected chi connectivity index (χ3v) is 3.11. The maximum atomic E-state index is 11.9. The molecule has 1 aromatic heterocycles. The van der Waals surface area contributed by atoms with Gasteiger partial charge in [-0.1, -0.05) is 6.07 Å². The second kappa shape index (κ2) is 6.30. The van der Waals surface area contributed by atoms with E-state index < -0.39 is 11.8 Å². The van der Waals surface area contributed by atoms with Crippen molar-refractivity contribution in [1.29, 1.82) is 0 Å². The summed E-state index contributed by atoms with van der Waals surface area (Å²) in [5, 5.41) is 13.9. The highest BCUT2D eigenvalue weighted by molar-refractivity contribution is 5.97. The molecule has 0 atom stereocenters. The average Bonchev–Trinajstić information content (AvgIpc) is 2.74. The van der Waals surface area contributed by atoms with E-state index >= 15 is 0 Å². The molecule has 1 aromatic carbocycles. The Bertz CT molecular complexity index is 722. The van der Waals surface area contributed by atoms with Crippen LogP contribution in [0.2, 0.25) is 0 Å². The van der Waals surface area contributed by atoms with Crippen molar-refractivity contribution in [1.82, 2.24) is 20.6 Å². The van der Waals surface area contributed by atoms with Crippen LogP contribution >= 0.6 is 0 Å². The second-order valence-electron chi connectivity index (χ2n) is 5.11. The topological polar surface area (TPSA) is 96.3 Å². The van der Waals surface area contributed by atoms with E-state index in [1.165, 1.54) is 12.1 Å². The van der Waals surface area contributed by atoms with Crippen molar-refractivity contribution < 1.29 is 14.7 Å². The number of aromatic hydroxyl groups is 1. The minimum Gasteiger partial charge on any atom is -0.507 e. The first-order chi connectivity index (χ1) is 10.4. The van der Waals surface area contributed by atoms with Gasteiger partial charge in [0.2, 0.25) is 0 Å². The number of hydrogen-bond donors (Lipinski definition) is 3. The van der Waals surface area contributed by atoms with Crippen LogP contribution in [0.5, 0.6) is 5.75 Å². The lowest BCUT2D eigenvalue weighted by molar-refractivity contribution is -0.122. The van der Waals surface area contributed by atoms with E-state index in [1.54, 1.807) is 17.7 Å². The molecule has 0 saturated carbocycles. The number of rotatable bonds is 3. The number of phenols is 1. The minimum atomic E-state index is -0.584. The summed E-state index contributed by atoms with van der Waals surface area (Å²) in [5.41, 5.74) is 7.17. The number of amides is 2. The molecule has 1 heterocycles. The number of phenolic OH excluding ortho intramolecular Hbond substituents is 1. The molecule has 0 fully saturated rings. The smallest absolute Gasteiger partial charge is 0.273 e. The SMILES string of the molecule is Cc1ccc(C(=O)NNC(=O)Cn2nc(C)cc2C)c(O)c1. The van der Waals surface area contributed by atoms with Crippen LogP contribution in [0.3, 0.4) is 0 Å². The molecular formula is C15H18N4O3. The molecule has 3 N–H and O–H groups in total. The van der Waals surface area contributed by atoms with Crippen LogP contribution < -0.4 is 10.9 Å². The second-order valence-corrected chi connectivity index (χ2v) is 5.11. The zero-order valence-corrected chi connectivity index (χ0v) is 12.7. The van der Waals surface area contributed by atoms with Gasteiger partial charge in [-0.05, 0) is 44.5 Å². The van der Waals surface area contributed by atoms with Crippen LogP contribution in [0, 0.1) is 20.8 Å². The third kappa shape index (κ3) is 3.63. The monoisotopic (exact) mass is 302 g/mol. The quantitative estimate of drug-likeness (QED) is 0.736. The molecule has 22 heavy (non-hydrogen) atoms. The molecule has 7 nitrogen and oxygen atoms in total. The zero-order valence-electron chi connectivity index (χ0n) is 12.7. The van der Waals surface area contributed by atoms with Crippen molar-refractivity contribution in [2.45, 2.75) is 27.3 Å². The molecule has 2 aromatic rings. The first kappa shape index (κ1) is 15.6. The van der Waals surface area contributed by atoms with Crippen molar-refractivity contribution in [3.63, 3.8) is 0 Å². The molecule has 2 amide bonds. The van der Waals surface area contributed by atoms with Gasteiger partial charge in [0.15, 0.2) is 0 Å². The normalized spacial score (nSPS) is 10.3. The van der Waals surface area contributed by atoms with Gasteiger partial charge in [0.25, 0.3) is 11.8 Å². The van der Waals surface area contributed by atoms with Crippen molar-refractivity contribution in [3.8, 4) is 5.75 Å². The number of carbonyl (C=O) groups is 2. The van der Waals surface area contributed by atoms with Crippen LogP contribution in [-0.4, -0.2) is 26.7 Å². The number of nitrogens with one attached hydrogen (secondary N) is 2. The van der Waals surface area contributed by atoms with Gasteiger partial charge >= 0.3 is 0 Å². The molecule has 116 valence electrons. The molecule has 0 saturated heterocycles. The molecule has 0 spiro atoms. The number of aryl methyl sites for hydroxylation is 3. The lowest BCUT2D eigenvalue weighted by Crippen LogP contribution is -2.43. The first-order valence-electron chi connectivity index (χ1n) is 6.76. The van der Waals surface area contributed by atoms with Crippen LogP contribution in [0.4, 0.5) is 0 Å². The summed E-state index contributed by atoms with van der Waals surface area (Å²) in [5.74, 6) is -1.13.